The van der Waals surface area contributed by atoms with Crippen molar-refractivity contribution in [1.82, 2.24) is 4.72 Å². The van der Waals surface area contributed by atoms with E-state index in [2.05, 4.69) is 18.6 Å². The van der Waals surface area contributed by atoms with Crippen LogP contribution in [-0.2, 0) is 16.4 Å². The molecular formula is C13H21NO4S. The summed E-state index contributed by atoms with van der Waals surface area (Å²) in [7, 11) is -3.63. The highest BCUT2D eigenvalue weighted by Crippen LogP contribution is 2.13. The summed E-state index contributed by atoms with van der Waals surface area (Å²) in [5.74, 6) is 0.514. The van der Waals surface area contributed by atoms with Crippen molar-refractivity contribution in [2.75, 3.05) is 13.2 Å². The van der Waals surface area contributed by atoms with Crippen LogP contribution in [0.15, 0.2) is 29.2 Å². The van der Waals surface area contributed by atoms with Crippen LogP contribution in [0, 0.1) is 5.92 Å². The average molecular weight is 287 g/mol. The van der Waals surface area contributed by atoms with Gasteiger partial charge >= 0.3 is 0 Å². The summed E-state index contributed by atoms with van der Waals surface area (Å²) < 4.78 is 26.0. The summed E-state index contributed by atoms with van der Waals surface area (Å²) in [6.45, 7) is 3.52. The van der Waals surface area contributed by atoms with Crippen LogP contribution in [0.4, 0.5) is 0 Å². The van der Waals surface area contributed by atoms with Crippen molar-refractivity contribution in [3.8, 4) is 0 Å². The largest absolute Gasteiger partial charge is 0.394 e. The first kappa shape index (κ1) is 16.1. The lowest BCUT2D eigenvalue weighted by Gasteiger charge is -2.10. The minimum Gasteiger partial charge on any atom is -0.394 e. The molecule has 0 saturated carbocycles. The Bertz CT molecular complexity index is 482. The van der Waals surface area contributed by atoms with Gasteiger partial charge in [0.1, 0.15) is 0 Å². The number of hydrogen-bond acceptors (Lipinski definition) is 4. The van der Waals surface area contributed by atoms with Gasteiger partial charge in [0.25, 0.3) is 0 Å². The molecule has 0 saturated heterocycles. The predicted octanol–water partition coefficient (Wildman–Crippen LogP) is 0.517. The monoisotopic (exact) mass is 287 g/mol. The number of nitrogens with one attached hydrogen (secondary N) is 1. The molecule has 1 aromatic carbocycles. The predicted molar refractivity (Wildman–Crippen MR) is 73.3 cm³/mol. The van der Waals surface area contributed by atoms with Crippen LogP contribution < -0.4 is 4.72 Å². The molecule has 0 amide bonds. The van der Waals surface area contributed by atoms with Gasteiger partial charge in [-0.2, -0.15) is 0 Å². The molecule has 0 aliphatic heterocycles. The summed E-state index contributed by atoms with van der Waals surface area (Å²) >= 11 is 0. The molecule has 0 heterocycles. The zero-order chi connectivity index (χ0) is 14.5. The SMILES string of the molecule is CC(C)Cc1ccc(S(=O)(=O)NCC(O)CO)cc1. The first-order valence-corrected chi connectivity index (χ1v) is 7.71. The van der Waals surface area contributed by atoms with Crippen molar-refractivity contribution in [3.63, 3.8) is 0 Å². The Balaban J connectivity index is 2.73. The van der Waals surface area contributed by atoms with Gasteiger partial charge in [-0.1, -0.05) is 26.0 Å². The minimum atomic E-state index is -3.63. The van der Waals surface area contributed by atoms with Gasteiger partial charge in [-0.05, 0) is 30.0 Å². The normalized spacial score (nSPS) is 13.7. The van der Waals surface area contributed by atoms with Crippen LogP contribution in [0.2, 0.25) is 0 Å². The Kier molecular flexibility index (Phi) is 5.93. The first-order chi connectivity index (χ1) is 8.85. The summed E-state index contributed by atoms with van der Waals surface area (Å²) in [6, 6.07) is 6.67. The molecule has 6 heteroatoms. The summed E-state index contributed by atoms with van der Waals surface area (Å²) in [5.41, 5.74) is 1.09. The Morgan fingerprint density at radius 3 is 2.26 bits per heavy atom. The van der Waals surface area contributed by atoms with E-state index in [0.29, 0.717) is 5.92 Å². The van der Waals surface area contributed by atoms with Gasteiger partial charge in [0.15, 0.2) is 0 Å². The summed E-state index contributed by atoms with van der Waals surface area (Å²) in [4.78, 5) is 0.158. The molecule has 3 N–H and O–H groups in total. The van der Waals surface area contributed by atoms with E-state index < -0.39 is 22.7 Å². The van der Waals surface area contributed by atoms with E-state index in [4.69, 9.17) is 10.2 Å². The molecule has 0 aliphatic carbocycles. The molecule has 0 bridgehead atoms. The minimum absolute atomic E-state index is 0.158. The first-order valence-electron chi connectivity index (χ1n) is 6.22. The second-order valence-electron chi connectivity index (χ2n) is 4.93. The standard InChI is InChI=1S/C13H21NO4S/c1-10(2)7-11-3-5-13(6-4-11)19(17,18)14-8-12(16)9-15/h3-6,10,12,14-16H,7-9H2,1-2H3. The van der Waals surface area contributed by atoms with E-state index in [1.807, 2.05) is 0 Å². The highest BCUT2D eigenvalue weighted by atomic mass is 32.2. The molecule has 5 nitrogen and oxygen atoms in total. The second-order valence-corrected chi connectivity index (χ2v) is 6.70. The molecule has 1 atom stereocenters. The molecule has 1 rings (SSSR count). The zero-order valence-electron chi connectivity index (χ0n) is 11.2. The van der Waals surface area contributed by atoms with Crippen molar-refractivity contribution >= 4 is 10.0 Å². The van der Waals surface area contributed by atoms with Crippen LogP contribution in [0.3, 0.4) is 0 Å². The molecule has 1 unspecified atom stereocenters. The van der Waals surface area contributed by atoms with Gasteiger partial charge in [-0.25, -0.2) is 13.1 Å². The smallest absolute Gasteiger partial charge is 0.240 e. The lowest BCUT2D eigenvalue weighted by atomic mass is 10.0. The molecule has 0 aliphatic rings. The Hall–Kier alpha value is -0.950. The third-order valence-electron chi connectivity index (χ3n) is 2.60. The molecule has 0 aromatic heterocycles. The highest BCUT2D eigenvalue weighted by Gasteiger charge is 2.15. The molecule has 1 aromatic rings. The molecular weight excluding hydrogens is 266 g/mol. The van der Waals surface area contributed by atoms with E-state index >= 15 is 0 Å². The Labute approximate surface area is 114 Å². The average Bonchev–Trinajstić information content (AvgIpc) is 2.36. The second kappa shape index (κ2) is 7.00. The van der Waals surface area contributed by atoms with E-state index in [0.717, 1.165) is 12.0 Å². The molecule has 19 heavy (non-hydrogen) atoms. The Morgan fingerprint density at radius 2 is 1.79 bits per heavy atom. The van der Waals surface area contributed by atoms with Gasteiger partial charge in [0, 0.05) is 6.54 Å². The summed E-state index contributed by atoms with van der Waals surface area (Å²) in [6.07, 6.45) is -0.188. The number of aliphatic hydroxyl groups is 2. The van der Waals surface area contributed by atoms with Gasteiger partial charge in [0.05, 0.1) is 17.6 Å². The van der Waals surface area contributed by atoms with Crippen molar-refractivity contribution in [2.45, 2.75) is 31.3 Å². The highest BCUT2D eigenvalue weighted by molar-refractivity contribution is 7.89. The molecule has 0 spiro atoms. The van der Waals surface area contributed by atoms with Gasteiger partial charge in [0.2, 0.25) is 10.0 Å². The van der Waals surface area contributed by atoms with Crippen LogP contribution in [0.1, 0.15) is 19.4 Å². The van der Waals surface area contributed by atoms with Crippen molar-refractivity contribution in [3.05, 3.63) is 29.8 Å². The van der Waals surface area contributed by atoms with Crippen molar-refractivity contribution in [2.24, 2.45) is 5.92 Å². The summed E-state index contributed by atoms with van der Waals surface area (Å²) in [5, 5.41) is 17.8. The number of aliphatic hydroxyl groups excluding tert-OH is 2. The van der Waals surface area contributed by atoms with Gasteiger partial charge in [-0.15, -0.1) is 0 Å². The van der Waals surface area contributed by atoms with Gasteiger partial charge in [-0.3, -0.25) is 0 Å². The van der Waals surface area contributed by atoms with E-state index in [-0.39, 0.29) is 11.4 Å². The fourth-order valence-corrected chi connectivity index (χ4v) is 2.70. The fourth-order valence-electron chi connectivity index (χ4n) is 1.63. The molecule has 108 valence electrons. The quantitative estimate of drug-likeness (QED) is 0.682. The van der Waals surface area contributed by atoms with Crippen molar-refractivity contribution in [1.29, 1.82) is 0 Å². The van der Waals surface area contributed by atoms with E-state index in [1.54, 1.807) is 24.3 Å². The van der Waals surface area contributed by atoms with Crippen LogP contribution in [0.5, 0.6) is 0 Å². The third-order valence-corrected chi connectivity index (χ3v) is 4.04. The van der Waals surface area contributed by atoms with Gasteiger partial charge < -0.3 is 10.2 Å². The number of rotatable bonds is 7. The van der Waals surface area contributed by atoms with E-state index in [9.17, 15) is 8.42 Å². The number of hydrogen-bond donors (Lipinski definition) is 3. The molecule has 0 radical (unpaired) electrons. The maximum atomic E-state index is 11.9. The van der Waals surface area contributed by atoms with Crippen molar-refractivity contribution < 1.29 is 18.6 Å². The maximum Gasteiger partial charge on any atom is 0.240 e. The fraction of sp³-hybridized carbons (Fsp3) is 0.538. The lowest BCUT2D eigenvalue weighted by molar-refractivity contribution is 0.0988. The third kappa shape index (κ3) is 5.28. The molecule has 0 fully saturated rings. The van der Waals surface area contributed by atoms with Crippen LogP contribution in [0.25, 0.3) is 0 Å². The lowest BCUT2D eigenvalue weighted by Crippen LogP contribution is -2.33. The maximum absolute atomic E-state index is 11.9. The number of sulfonamides is 1. The number of benzene rings is 1. The van der Waals surface area contributed by atoms with E-state index in [1.165, 1.54) is 0 Å². The topological polar surface area (TPSA) is 86.6 Å². The van der Waals surface area contributed by atoms with Crippen LogP contribution >= 0.6 is 0 Å². The Morgan fingerprint density at radius 1 is 1.21 bits per heavy atom. The van der Waals surface area contributed by atoms with Crippen LogP contribution in [-0.4, -0.2) is 37.9 Å². The zero-order valence-corrected chi connectivity index (χ0v) is 12.0.